The highest BCUT2D eigenvalue weighted by Gasteiger charge is 2.44. The second-order valence-corrected chi connectivity index (χ2v) is 9.89. The van der Waals surface area contributed by atoms with E-state index in [1.807, 2.05) is 24.4 Å². The van der Waals surface area contributed by atoms with Crippen molar-refractivity contribution in [1.82, 2.24) is 15.4 Å². The Balaban J connectivity index is 1.46. The summed E-state index contributed by atoms with van der Waals surface area (Å²) in [6.45, 7) is 1.39. The molecule has 1 amide bonds. The molecule has 5 N–H and O–H groups in total. The fraction of sp³-hybridized carbons (Fsp3) is 0.423. The minimum Gasteiger partial charge on any atom is -0.388 e. The summed E-state index contributed by atoms with van der Waals surface area (Å²) in [7, 11) is 0. The van der Waals surface area contributed by atoms with Gasteiger partial charge in [0, 0.05) is 25.1 Å². The zero-order valence-corrected chi connectivity index (χ0v) is 20.2. The lowest BCUT2D eigenvalue weighted by molar-refractivity contribution is -0.242. The molecule has 35 heavy (non-hydrogen) atoms. The van der Waals surface area contributed by atoms with Crippen LogP contribution < -0.4 is 10.9 Å². The Labute approximate surface area is 208 Å². The molecule has 2 aromatic carbocycles. The highest BCUT2D eigenvalue weighted by Crippen LogP contribution is 2.40. The zero-order valence-electron chi connectivity index (χ0n) is 19.4. The first-order chi connectivity index (χ1) is 16.8. The number of carbonyl (C=O) groups is 1. The second-order valence-electron chi connectivity index (χ2n) is 9.49. The van der Waals surface area contributed by atoms with Crippen LogP contribution in [0, 0.1) is 0 Å². The van der Waals surface area contributed by atoms with Gasteiger partial charge in [0.25, 0.3) is 0 Å². The van der Waals surface area contributed by atoms with Gasteiger partial charge in [0.1, 0.15) is 24.4 Å². The molecule has 2 fully saturated rings. The SMILES string of the molecule is CC(=O)NNC[C@H]1O[C@@H](n2cc(Cc3ccc(C4CC4)cc3)c3c(Cl)cccc32)[C@H](O)[C@@H](O)[C@@H]1O. The lowest BCUT2D eigenvalue weighted by atomic mass is 9.98. The number of hydrogen-bond donors (Lipinski definition) is 5. The molecule has 186 valence electrons. The summed E-state index contributed by atoms with van der Waals surface area (Å²) in [5.74, 6) is 0.397. The van der Waals surface area contributed by atoms with E-state index in [0.717, 1.165) is 22.0 Å². The molecule has 1 aliphatic carbocycles. The van der Waals surface area contributed by atoms with Crippen molar-refractivity contribution in [3.05, 3.63) is 70.4 Å². The zero-order chi connectivity index (χ0) is 24.7. The van der Waals surface area contributed by atoms with Crippen molar-refractivity contribution < 1.29 is 24.9 Å². The molecular weight excluding hydrogens is 470 g/mol. The monoisotopic (exact) mass is 499 g/mol. The number of hydrogen-bond acceptors (Lipinski definition) is 6. The molecule has 5 atom stereocenters. The predicted molar refractivity (Wildman–Crippen MR) is 132 cm³/mol. The third-order valence-corrected chi connectivity index (χ3v) is 7.15. The van der Waals surface area contributed by atoms with Crippen LogP contribution in [0.5, 0.6) is 0 Å². The van der Waals surface area contributed by atoms with Gasteiger partial charge in [-0.3, -0.25) is 10.2 Å². The first kappa shape index (κ1) is 24.2. The minimum atomic E-state index is -1.44. The maximum atomic E-state index is 11.2. The van der Waals surface area contributed by atoms with Crippen molar-refractivity contribution in [2.75, 3.05) is 6.54 Å². The maximum absolute atomic E-state index is 11.2. The number of nitrogens with zero attached hydrogens (tertiary/aromatic N) is 1. The topological polar surface area (TPSA) is 116 Å². The van der Waals surface area contributed by atoms with Crippen LogP contribution in [0.25, 0.3) is 10.9 Å². The summed E-state index contributed by atoms with van der Waals surface area (Å²) in [5.41, 5.74) is 9.35. The number of rotatable bonds is 7. The highest BCUT2D eigenvalue weighted by molar-refractivity contribution is 6.35. The fourth-order valence-corrected chi connectivity index (χ4v) is 5.13. The third kappa shape index (κ3) is 4.95. The first-order valence-electron chi connectivity index (χ1n) is 11.9. The Bertz CT molecular complexity index is 1210. The number of aromatic nitrogens is 1. The van der Waals surface area contributed by atoms with Crippen molar-refractivity contribution in [3.63, 3.8) is 0 Å². The van der Waals surface area contributed by atoms with Crippen molar-refractivity contribution >= 4 is 28.4 Å². The Morgan fingerprint density at radius 3 is 2.51 bits per heavy atom. The van der Waals surface area contributed by atoms with Gasteiger partial charge in [-0.15, -0.1) is 0 Å². The number of ether oxygens (including phenoxy) is 1. The fourth-order valence-electron chi connectivity index (χ4n) is 4.84. The molecule has 1 aliphatic heterocycles. The van der Waals surface area contributed by atoms with Crippen molar-refractivity contribution in [1.29, 1.82) is 0 Å². The quantitative estimate of drug-likeness (QED) is 0.319. The molecule has 0 spiro atoms. The number of hydrazine groups is 1. The number of aliphatic hydroxyl groups is 3. The van der Waals surface area contributed by atoms with Crippen LogP contribution in [0.4, 0.5) is 0 Å². The van der Waals surface area contributed by atoms with Gasteiger partial charge < -0.3 is 24.6 Å². The average Bonchev–Trinajstić information content (AvgIpc) is 3.62. The Morgan fingerprint density at radius 2 is 1.83 bits per heavy atom. The lowest BCUT2D eigenvalue weighted by Crippen LogP contribution is -2.58. The van der Waals surface area contributed by atoms with Gasteiger partial charge in [0.2, 0.25) is 5.91 Å². The maximum Gasteiger partial charge on any atom is 0.230 e. The molecule has 1 saturated carbocycles. The molecule has 0 radical (unpaired) electrons. The number of halogens is 1. The van der Waals surface area contributed by atoms with E-state index in [1.54, 1.807) is 4.57 Å². The summed E-state index contributed by atoms with van der Waals surface area (Å²) in [6.07, 6.45) is -0.943. The van der Waals surface area contributed by atoms with Crippen LogP contribution in [0.2, 0.25) is 5.02 Å². The van der Waals surface area contributed by atoms with Crippen LogP contribution >= 0.6 is 11.6 Å². The first-order valence-corrected chi connectivity index (χ1v) is 12.3. The van der Waals surface area contributed by atoms with Crippen LogP contribution in [0.15, 0.2) is 48.7 Å². The van der Waals surface area contributed by atoms with Crippen LogP contribution in [0.1, 0.15) is 48.6 Å². The summed E-state index contributed by atoms with van der Waals surface area (Å²) < 4.78 is 7.82. The predicted octanol–water partition coefficient (Wildman–Crippen LogP) is 2.38. The molecule has 8 nitrogen and oxygen atoms in total. The van der Waals surface area contributed by atoms with Gasteiger partial charge in [0.05, 0.1) is 10.5 Å². The number of fused-ring (bicyclic) bond motifs is 1. The summed E-state index contributed by atoms with van der Waals surface area (Å²) in [4.78, 5) is 11.2. The van der Waals surface area contributed by atoms with Gasteiger partial charge in [-0.2, -0.15) is 0 Å². The van der Waals surface area contributed by atoms with E-state index in [1.165, 1.54) is 25.3 Å². The lowest BCUT2D eigenvalue weighted by Gasteiger charge is -2.41. The number of carbonyl (C=O) groups excluding carboxylic acids is 1. The van der Waals surface area contributed by atoms with Crippen molar-refractivity contribution in [2.45, 2.75) is 62.7 Å². The van der Waals surface area contributed by atoms with Crippen LogP contribution in [-0.2, 0) is 16.0 Å². The molecule has 0 unspecified atom stereocenters. The van der Waals surface area contributed by atoms with E-state index in [9.17, 15) is 20.1 Å². The normalized spacial score (nSPS) is 26.7. The van der Waals surface area contributed by atoms with Crippen LogP contribution in [-0.4, -0.2) is 56.8 Å². The van der Waals surface area contributed by atoms with E-state index < -0.39 is 30.6 Å². The van der Waals surface area contributed by atoms with Gasteiger partial charge in [-0.25, -0.2) is 5.43 Å². The summed E-state index contributed by atoms with van der Waals surface area (Å²) >= 11 is 6.61. The molecule has 5 rings (SSSR count). The smallest absolute Gasteiger partial charge is 0.230 e. The Hall–Kier alpha value is -2.46. The molecule has 2 aliphatic rings. The average molecular weight is 500 g/mol. The van der Waals surface area contributed by atoms with E-state index in [4.69, 9.17) is 16.3 Å². The van der Waals surface area contributed by atoms with E-state index >= 15 is 0 Å². The van der Waals surface area contributed by atoms with Crippen molar-refractivity contribution in [3.8, 4) is 0 Å². The summed E-state index contributed by atoms with van der Waals surface area (Å²) in [6, 6.07) is 14.2. The van der Waals surface area contributed by atoms with E-state index in [-0.39, 0.29) is 12.5 Å². The van der Waals surface area contributed by atoms with E-state index in [0.29, 0.717) is 17.4 Å². The van der Waals surface area contributed by atoms with Gasteiger partial charge in [-0.05, 0) is 54.0 Å². The third-order valence-electron chi connectivity index (χ3n) is 6.84. The minimum absolute atomic E-state index is 0.0428. The standard InChI is InChI=1S/C26H30ClN3O5/c1-14(31)29-28-12-21-23(32)24(33)25(34)26(35-21)30-13-18(22-19(27)3-2-4-20(22)30)11-15-5-7-16(8-6-15)17-9-10-17/h2-8,13,17,21,23-26,28,32-34H,9-12H2,1H3,(H,29,31)/t21-,23-,24+,25-,26-/m1/s1. The molecule has 3 aromatic rings. The highest BCUT2D eigenvalue weighted by atomic mass is 35.5. The molecule has 1 aromatic heterocycles. The van der Waals surface area contributed by atoms with Gasteiger partial charge in [-0.1, -0.05) is 41.9 Å². The molecular formula is C26H30ClN3O5. The van der Waals surface area contributed by atoms with Gasteiger partial charge in [0.15, 0.2) is 6.23 Å². The molecule has 1 saturated heterocycles. The largest absolute Gasteiger partial charge is 0.388 e. The number of amides is 1. The number of nitrogens with one attached hydrogen (secondary N) is 2. The number of aliphatic hydroxyl groups excluding tert-OH is 3. The van der Waals surface area contributed by atoms with Crippen molar-refractivity contribution in [2.24, 2.45) is 0 Å². The number of benzene rings is 2. The summed E-state index contributed by atoms with van der Waals surface area (Å²) in [5, 5.41) is 33.3. The Kier molecular flexibility index (Phi) is 6.85. The van der Waals surface area contributed by atoms with Crippen LogP contribution in [0.3, 0.4) is 0 Å². The molecule has 9 heteroatoms. The molecule has 0 bridgehead atoms. The Morgan fingerprint density at radius 1 is 1.09 bits per heavy atom. The van der Waals surface area contributed by atoms with E-state index in [2.05, 4.69) is 35.1 Å². The molecule has 2 heterocycles. The van der Waals surface area contributed by atoms with Gasteiger partial charge >= 0.3 is 0 Å². The second kappa shape index (κ2) is 9.89.